The van der Waals surface area contributed by atoms with E-state index in [1.807, 2.05) is 27.7 Å². The molecule has 0 aromatic carbocycles. The molecule has 0 fully saturated rings. The third kappa shape index (κ3) is 7.60. The third-order valence-electron chi connectivity index (χ3n) is 4.09. The summed E-state index contributed by atoms with van der Waals surface area (Å²) in [6.07, 6.45) is -0.591. The van der Waals surface area contributed by atoms with Crippen LogP contribution < -0.4 is 5.32 Å². The molecule has 132 valence electrons. The van der Waals surface area contributed by atoms with Gasteiger partial charge in [0.2, 0.25) is 0 Å². The van der Waals surface area contributed by atoms with E-state index in [1.54, 1.807) is 0 Å². The summed E-state index contributed by atoms with van der Waals surface area (Å²) in [6, 6.07) is 0. The summed E-state index contributed by atoms with van der Waals surface area (Å²) in [4.78, 5) is 11.7. The molecule has 2 atom stereocenters. The largest absolute Gasteiger partial charge is 0.444 e. The fourth-order valence-electron chi connectivity index (χ4n) is 1.65. The summed E-state index contributed by atoms with van der Waals surface area (Å²) in [5, 5.41) is 12.4. The van der Waals surface area contributed by atoms with Crippen molar-refractivity contribution in [3.05, 3.63) is 0 Å². The van der Waals surface area contributed by atoms with Gasteiger partial charge in [-0.15, -0.1) is 0 Å². The van der Waals surface area contributed by atoms with Crippen LogP contribution in [0.4, 0.5) is 4.79 Å². The van der Waals surface area contributed by atoms with Crippen LogP contribution in [0.25, 0.3) is 0 Å². The van der Waals surface area contributed by atoms with E-state index in [1.165, 1.54) is 0 Å². The SMILES string of the molecule is C[C@@H](O[Si](C)(C)C(C)(C)C)[C@@H](CO)CNC(=O)OC(C)(C)C. The van der Waals surface area contributed by atoms with E-state index in [2.05, 4.69) is 39.2 Å². The van der Waals surface area contributed by atoms with E-state index < -0.39 is 20.0 Å². The minimum Gasteiger partial charge on any atom is -0.444 e. The van der Waals surface area contributed by atoms with Gasteiger partial charge in [-0.05, 0) is 45.8 Å². The van der Waals surface area contributed by atoms with Gasteiger partial charge in [-0.25, -0.2) is 4.79 Å². The van der Waals surface area contributed by atoms with Crippen LogP contribution in [0.5, 0.6) is 0 Å². The number of rotatable bonds is 6. The molecule has 0 aromatic heterocycles. The number of nitrogens with one attached hydrogen (secondary N) is 1. The number of hydrogen-bond acceptors (Lipinski definition) is 4. The van der Waals surface area contributed by atoms with Crippen molar-refractivity contribution in [1.82, 2.24) is 5.32 Å². The predicted octanol–water partition coefficient (Wildman–Crippen LogP) is 3.53. The Bertz CT molecular complexity index is 358. The maximum absolute atomic E-state index is 11.7. The van der Waals surface area contributed by atoms with E-state index in [9.17, 15) is 9.90 Å². The second kappa shape index (κ2) is 7.79. The number of carbonyl (C=O) groups is 1. The monoisotopic (exact) mass is 333 g/mol. The van der Waals surface area contributed by atoms with Crippen molar-refractivity contribution in [3.8, 4) is 0 Å². The Morgan fingerprint density at radius 2 is 1.68 bits per heavy atom. The van der Waals surface area contributed by atoms with Gasteiger partial charge in [-0.2, -0.15) is 0 Å². The molecular formula is C16H35NO4Si. The minimum absolute atomic E-state index is 0.0361. The number of aliphatic hydroxyl groups is 1. The predicted molar refractivity (Wildman–Crippen MR) is 92.6 cm³/mol. The van der Waals surface area contributed by atoms with Crippen LogP contribution in [0.3, 0.4) is 0 Å². The summed E-state index contributed by atoms with van der Waals surface area (Å²) in [5.41, 5.74) is -0.526. The van der Waals surface area contributed by atoms with Crippen molar-refractivity contribution < 1.29 is 19.1 Å². The van der Waals surface area contributed by atoms with Crippen molar-refractivity contribution in [1.29, 1.82) is 0 Å². The maximum atomic E-state index is 11.7. The first-order valence-electron chi connectivity index (χ1n) is 7.95. The Kier molecular flexibility index (Phi) is 7.58. The fraction of sp³-hybridized carbons (Fsp3) is 0.938. The van der Waals surface area contributed by atoms with Crippen LogP contribution in [0, 0.1) is 5.92 Å². The molecular weight excluding hydrogens is 298 g/mol. The van der Waals surface area contributed by atoms with Gasteiger partial charge in [0.05, 0.1) is 0 Å². The highest BCUT2D eigenvalue weighted by atomic mass is 28.4. The standard InChI is InChI=1S/C16H35NO4Si/c1-12(21-22(8,9)16(5,6)7)13(11-18)10-17-14(19)20-15(2,3)4/h12-13,18H,10-11H2,1-9H3,(H,17,19)/t12-,13-/m1/s1. The molecule has 0 aromatic rings. The Morgan fingerprint density at radius 1 is 1.18 bits per heavy atom. The molecule has 5 nitrogen and oxygen atoms in total. The number of alkyl carbamates (subject to hydrolysis) is 1. The van der Waals surface area contributed by atoms with E-state index >= 15 is 0 Å². The van der Waals surface area contributed by atoms with Gasteiger partial charge in [0.15, 0.2) is 8.32 Å². The smallest absolute Gasteiger partial charge is 0.407 e. The molecule has 0 aliphatic heterocycles. The number of carbonyl (C=O) groups excluding carboxylic acids is 1. The zero-order valence-corrected chi connectivity index (χ0v) is 16.7. The summed E-state index contributed by atoms with van der Waals surface area (Å²) < 4.78 is 11.5. The Hall–Kier alpha value is -0.593. The van der Waals surface area contributed by atoms with Gasteiger partial charge in [0, 0.05) is 25.2 Å². The van der Waals surface area contributed by atoms with Crippen molar-refractivity contribution in [3.63, 3.8) is 0 Å². The van der Waals surface area contributed by atoms with E-state index in [0.717, 1.165) is 0 Å². The second-order valence-electron chi connectivity index (χ2n) is 8.41. The van der Waals surface area contributed by atoms with Crippen LogP contribution in [-0.4, -0.2) is 44.4 Å². The first-order valence-corrected chi connectivity index (χ1v) is 10.9. The number of aliphatic hydroxyl groups excluding tert-OH is 1. The summed E-state index contributed by atoms with van der Waals surface area (Å²) in [7, 11) is -1.90. The lowest BCUT2D eigenvalue weighted by molar-refractivity contribution is 0.0464. The van der Waals surface area contributed by atoms with Gasteiger partial charge in [-0.1, -0.05) is 20.8 Å². The first kappa shape index (κ1) is 21.4. The first-order chi connectivity index (χ1) is 9.69. The molecule has 6 heteroatoms. The quantitative estimate of drug-likeness (QED) is 0.730. The Morgan fingerprint density at radius 3 is 2.05 bits per heavy atom. The number of ether oxygens (including phenoxy) is 1. The van der Waals surface area contributed by atoms with Crippen LogP contribution in [0.15, 0.2) is 0 Å². The zero-order valence-electron chi connectivity index (χ0n) is 15.7. The molecule has 1 amide bonds. The summed E-state index contributed by atoms with van der Waals surface area (Å²) >= 11 is 0. The fourth-order valence-corrected chi connectivity index (χ4v) is 3.12. The zero-order chi connectivity index (χ0) is 17.8. The van der Waals surface area contributed by atoms with Gasteiger partial charge in [0.25, 0.3) is 0 Å². The highest BCUT2D eigenvalue weighted by Gasteiger charge is 2.39. The lowest BCUT2D eigenvalue weighted by Gasteiger charge is -2.40. The molecule has 0 spiro atoms. The van der Waals surface area contributed by atoms with Crippen LogP contribution in [-0.2, 0) is 9.16 Å². The van der Waals surface area contributed by atoms with Crippen LogP contribution in [0.1, 0.15) is 48.5 Å². The Labute approximate surface area is 136 Å². The number of hydrogen-bond donors (Lipinski definition) is 2. The average Bonchev–Trinajstić information content (AvgIpc) is 2.24. The van der Waals surface area contributed by atoms with Crippen LogP contribution >= 0.6 is 0 Å². The van der Waals surface area contributed by atoms with E-state index in [0.29, 0.717) is 6.54 Å². The lowest BCUT2D eigenvalue weighted by Crippen LogP contribution is -2.47. The van der Waals surface area contributed by atoms with Crippen molar-refractivity contribution >= 4 is 14.4 Å². The van der Waals surface area contributed by atoms with Gasteiger partial charge in [-0.3, -0.25) is 0 Å². The molecule has 0 radical (unpaired) electrons. The molecule has 0 saturated heterocycles. The second-order valence-corrected chi connectivity index (χ2v) is 13.2. The molecule has 2 N–H and O–H groups in total. The van der Waals surface area contributed by atoms with Crippen molar-refractivity contribution in [2.45, 2.75) is 78.3 Å². The topological polar surface area (TPSA) is 67.8 Å². The van der Waals surface area contributed by atoms with Gasteiger partial charge in [0.1, 0.15) is 5.60 Å². The molecule has 0 aliphatic rings. The maximum Gasteiger partial charge on any atom is 0.407 e. The summed E-state index contributed by atoms with van der Waals surface area (Å²) in [6.45, 7) is 18.6. The molecule has 0 rings (SSSR count). The normalized spacial score (nSPS) is 16.1. The average molecular weight is 334 g/mol. The molecule has 0 unspecified atom stereocenters. The van der Waals surface area contributed by atoms with Crippen LogP contribution in [0.2, 0.25) is 18.1 Å². The lowest BCUT2D eigenvalue weighted by atomic mass is 10.1. The minimum atomic E-state index is -1.90. The van der Waals surface area contributed by atoms with E-state index in [4.69, 9.17) is 9.16 Å². The number of amides is 1. The molecule has 0 aliphatic carbocycles. The molecule has 0 bridgehead atoms. The highest BCUT2D eigenvalue weighted by molar-refractivity contribution is 6.74. The van der Waals surface area contributed by atoms with Gasteiger partial charge >= 0.3 is 6.09 Å². The summed E-state index contributed by atoms with van der Waals surface area (Å²) in [5.74, 6) is -0.151. The van der Waals surface area contributed by atoms with Crippen molar-refractivity contribution in [2.75, 3.05) is 13.2 Å². The van der Waals surface area contributed by atoms with E-state index in [-0.39, 0.29) is 23.7 Å². The molecule has 0 heterocycles. The molecule has 22 heavy (non-hydrogen) atoms. The van der Waals surface area contributed by atoms with Crippen molar-refractivity contribution in [2.24, 2.45) is 5.92 Å². The molecule has 0 saturated carbocycles. The third-order valence-corrected chi connectivity index (χ3v) is 8.67. The highest BCUT2D eigenvalue weighted by Crippen LogP contribution is 2.37. The van der Waals surface area contributed by atoms with Gasteiger partial charge < -0.3 is 19.6 Å². The Balaban J connectivity index is 4.56.